The van der Waals surface area contributed by atoms with E-state index in [9.17, 15) is 0 Å². The topological polar surface area (TPSA) is 4.93 Å². The summed E-state index contributed by atoms with van der Waals surface area (Å²) in [5.74, 6) is 0. The minimum atomic E-state index is 0.0386. The Bertz CT molecular complexity index is 1900. The summed E-state index contributed by atoms with van der Waals surface area (Å²) >= 11 is 0. The van der Waals surface area contributed by atoms with Gasteiger partial charge in [0.05, 0.1) is 11.0 Å². The van der Waals surface area contributed by atoms with Crippen LogP contribution in [-0.4, -0.2) is 4.57 Å². The van der Waals surface area contributed by atoms with E-state index in [-0.39, 0.29) is 5.41 Å². The maximum Gasteiger partial charge on any atom is 0.0541 e. The van der Waals surface area contributed by atoms with Gasteiger partial charge in [-0.15, -0.1) is 0 Å². The van der Waals surface area contributed by atoms with E-state index in [0.29, 0.717) is 0 Å². The smallest absolute Gasteiger partial charge is 0.0541 e. The van der Waals surface area contributed by atoms with Crippen molar-refractivity contribution < 1.29 is 0 Å². The maximum absolute atomic E-state index is 2.52. The van der Waals surface area contributed by atoms with Gasteiger partial charge in [-0.1, -0.05) is 131 Å². The van der Waals surface area contributed by atoms with Gasteiger partial charge in [-0.2, -0.15) is 0 Å². The van der Waals surface area contributed by atoms with Crippen molar-refractivity contribution in [2.45, 2.75) is 78.1 Å². The number of fused-ring (bicyclic) bond motifs is 6. The molecule has 1 nitrogen and oxygen atoms in total. The van der Waals surface area contributed by atoms with Crippen LogP contribution in [0.3, 0.4) is 0 Å². The molecule has 0 radical (unpaired) electrons. The molecule has 0 N–H and O–H groups in total. The molecule has 0 bridgehead atoms. The number of para-hydroxylation sites is 2. The van der Waals surface area contributed by atoms with E-state index in [2.05, 4.69) is 135 Å². The fourth-order valence-electron chi connectivity index (χ4n) is 7.70. The van der Waals surface area contributed by atoms with Gasteiger partial charge < -0.3 is 4.57 Å². The number of hydrogen-bond donors (Lipinski definition) is 0. The summed E-state index contributed by atoms with van der Waals surface area (Å²) in [6.07, 6.45) is 9.19. The Morgan fingerprint density at radius 2 is 1.19 bits per heavy atom. The van der Waals surface area contributed by atoms with Gasteiger partial charge in [0.1, 0.15) is 0 Å². The highest BCUT2D eigenvalue weighted by molar-refractivity contribution is 6.09. The lowest BCUT2D eigenvalue weighted by Crippen LogP contribution is -2.21. The highest BCUT2D eigenvalue weighted by Crippen LogP contribution is 2.52. The van der Waals surface area contributed by atoms with Crippen molar-refractivity contribution in [3.63, 3.8) is 0 Å². The molecule has 1 aromatic heterocycles. The summed E-state index contributed by atoms with van der Waals surface area (Å²) in [7, 11) is 0. The molecule has 1 unspecified atom stereocenters. The van der Waals surface area contributed by atoms with Crippen molar-refractivity contribution in [1.29, 1.82) is 0 Å². The van der Waals surface area contributed by atoms with E-state index in [0.717, 1.165) is 0 Å². The van der Waals surface area contributed by atoms with Gasteiger partial charge >= 0.3 is 0 Å². The number of benzene rings is 5. The van der Waals surface area contributed by atoms with Crippen LogP contribution in [-0.2, 0) is 5.41 Å². The lowest BCUT2D eigenvalue weighted by molar-refractivity contribution is 0.480. The average Bonchev–Trinajstić information content (AvgIpc) is 3.48. The quantitative estimate of drug-likeness (QED) is 0.155. The van der Waals surface area contributed by atoms with Crippen LogP contribution < -0.4 is 0 Å². The van der Waals surface area contributed by atoms with E-state index < -0.39 is 0 Å². The SMILES string of the molecule is CCCCCCCCC1(C)c2cc(C)ccc2-c2ccc(-c3cc(C)cc(-n4c5ccccc5c5ccccc54)c3)cc21. The van der Waals surface area contributed by atoms with Gasteiger partial charge in [0, 0.05) is 21.9 Å². The zero-order chi connectivity index (χ0) is 29.6. The Balaban J connectivity index is 1.31. The molecule has 0 fully saturated rings. The number of aromatic nitrogens is 1. The molecule has 1 heteroatoms. The molecular formula is C42H43N. The van der Waals surface area contributed by atoms with Gasteiger partial charge in [0.2, 0.25) is 0 Å². The van der Waals surface area contributed by atoms with Crippen molar-refractivity contribution in [2.24, 2.45) is 0 Å². The summed E-state index contributed by atoms with van der Waals surface area (Å²) in [4.78, 5) is 0. The first-order valence-corrected chi connectivity index (χ1v) is 16.3. The number of unbranched alkanes of at least 4 members (excludes halogenated alkanes) is 5. The van der Waals surface area contributed by atoms with Gasteiger partial charge in [-0.25, -0.2) is 0 Å². The molecule has 0 spiro atoms. The summed E-state index contributed by atoms with van der Waals surface area (Å²) in [5.41, 5.74) is 14.9. The second kappa shape index (κ2) is 11.2. The highest BCUT2D eigenvalue weighted by Gasteiger charge is 2.39. The number of aryl methyl sites for hydroxylation is 2. The van der Waals surface area contributed by atoms with Crippen molar-refractivity contribution in [2.75, 3.05) is 0 Å². The van der Waals surface area contributed by atoms with Crippen LogP contribution in [0.1, 0.15) is 81.0 Å². The summed E-state index contributed by atoms with van der Waals surface area (Å²) < 4.78 is 2.44. The summed E-state index contributed by atoms with van der Waals surface area (Å²) in [6, 6.07) is 39.0. The van der Waals surface area contributed by atoms with Gasteiger partial charge in [0.15, 0.2) is 0 Å². The molecule has 0 amide bonds. The van der Waals surface area contributed by atoms with E-state index in [1.807, 2.05) is 0 Å². The molecule has 1 aliphatic rings. The van der Waals surface area contributed by atoms with Crippen LogP contribution in [0.4, 0.5) is 0 Å². The van der Waals surface area contributed by atoms with Crippen molar-refractivity contribution in [3.05, 3.63) is 125 Å². The lowest BCUT2D eigenvalue weighted by atomic mass is 9.75. The Labute approximate surface area is 257 Å². The molecule has 1 heterocycles. The molecule has 0 saturated heterocycles. The minimum absolute atomic E-state index is 0.0386. The molecule has 1 atom stereocenters. The number of nitrogens with zero attached hydrogens (tertiary/aromatic N) is 1. The van der Waals surface area contributed by atoms with Crippen LogP contribution in [0.2, 0.25) is 0 Å². The lowest BCUT2D eigenvalue weighted by Gasteiger charge is -2.28. The monoisotopic (exact) mass is 561 g/mol. The molecule has 0 aliphatic heterocycles. The zero-order valence-corrected chi connectivity index (χ0v) is 26.2. The zero-order valence-electron chi connectivity index (χ0n) is 26.2. The average molecular weight is 562 g/mol. The first-order chi connectivity index (χ1) is 21.0. The van der Waals surface area contributed by atoms with Crippen molar-refractivity contribution in [1.82, 2.24) is 4.57 Å². The molecule has 0 saturated carbocycles. The Morgan fingerprint density at radius 1 is 0.558 bits per heavy atom. The Hall–Kier alpha value is -4.10. The van der Waals surface area contributed by atoms with Crippen LogP contribution in [0.5, 0.6) is 0 Å². The Morgan fingerprint density at radius 3 is 1.91 bits per heavy atom. The molecule has 5 aromatic carbocycles. The van der Waals surface area contributed by atoms with Crippen molar-refractivity contribution >= 4 is 21.8 Å². The fraction of sp³-hybridized carbons (Fsp3) is 0.286. The standard InChI is InChI=1S/C42H43N/c1-5-6-7-8-9-14-23-42(4)38-26-29(2)19-21-34(38)35-22-20-31(28-39(35)42)32-24-30(3)25-33(27-32)43-40-17-12-10-15-36(40)37-16-11-13-18-41(37)43/h10-13,15-22,24-28H,5-9,14,23H2,1-4H3. The van der Waals surface area contributed by atoms with Crippen molar-refractivity contribution in [3.8, 4) is 27.9 Å². The molecular weight excluding hydrogens is 518 g/mol. The number of rotatable bonds is 9. The summed E-state index contributed by atoms with van der Waals surface area (Å²) in [6.45, 7) is 9.28. The van der Waals surface area contributed by atoms with E-state index >= 15 is 0 Å². The third kappa shape index (κ3) is 4.80. The normalized spacial score (nSPS) is 15.7. The second-order valence-corrected chi connectivity index (χ2v) is 13.1. The van der Waals surface area contributed by atoms with Gasteiger partial charge in [0.25, 0.3) is 0 Å². The molecule has 43 heavy (non-hydrogen) atoms. The first kappa shape index (κ1) is 27.7. The minimum Gasteiger partial charge on any atom is -0.309 e. The van der Waals surface area contributed by atoms with Crippen LogP contribution >= 0.6 is 0 Å². The molecule has 216 valence electrons. The molecule has 1 aliphatic carbocycles. The van der Waals surface area contributed by atoms with Crippen LogP contribution in [0.25, 0.3) is 49.7 Å². The van der Waals surface area contributed by atoms with E-state index in [4.69, 9.17) is 0 Å². The largest absolute Gasteiger partial charge is 0.309 e. The summed E-state index contributed by atoms with van der Waals surface area (Å²) in [5, 5.41) is 2.61. The predicted molar refractivity (Wildman–Crippen MR) is 186 cm³/mol. The predicted octanol–water partition coefficient (Wildman–Crippen LogP) is 12.1. The Kier molecular flexibility index (Phi) is 7.21. The van der Waals surface area contributed by atoms with E-state index in [1.165, 1.54) is 117 Å². The highest BCUT2D eigenvalue weighted by atomic mass is 15.0. The van der Waals surface area contributed by atoms with Crippen LogP contribution in [0, 0.1) is 13.8 Å². The molecule has 6 aromatic rings. The first-order valence-electron chi connectivity index (χ1n) is 16.3. The third-order valence-corrected chi connectivity index (χ3v) is 9.94. The number of hydrogen-bond acceptors (Lipinski definition) is 0. The van der Waals surface area contributed by atoms with E-state index in [1.54, 1.807) is 0 Å². The maximum atomic E-state index is 2.52. The third-order valence-electron chi connectivity index (χ3n) is 9.94. The molecule has 7 rings (SSSR count). The van der Waals surface area contributed by atoms with Gasteiger partial charge in [-0.05, 0) is 89.5 Å². The second-order valence-electron chi connectivity index (χ2n) is 13.1. The van der Waals surface area contributed by atoms with Crippen LogP contribution in [0.15, 0.2) is 103 Å². The van der Waals surface area contributed by atoms with Gasteiger partial charge in [-0.3, -0.25) is 0 Å². The fourth-order valence-corrected chi connectivity index (χ4v) is 7.70.